The highest BCUT2D eigenvalue weighted by atomic mass is 15.1. The van der Waals surface area contributed by atoms with Crippen LogP contribution in [0.5, 0.6) is 0 Å². The molecule has 3 atom stereocenters. The topological polar surface area (TPSA) is 3.24 Å². The number of hydrogen-bond acceptors (Lipinski definition) is 1. The third kappa shape index (κ3) is 1.39. The van der Waals surface area contributed by atoms with E-state index in [4.69, 9.17) is 0 Å². The van der Waals surface area contributed by atoms with Crippen molar-refractivity contribution in [2.24, 2.45) is 11.8 Å². The van der Waals surface area contributed by atoms with Crippen molar-refractivity contribution in [3.05, 3.63) is 0 Å². The molecule has 1 saturated carbocycles. The van der Waals surface area contributed by atoms with E-state index in [2.05, 4.69) is 39.8 Å². The molecule has 0 aromatic rings. The predicted octanol–water partition coefficient (Wildman–Crippen LogP) is 2.76. The predicted molar refractivity (Wildman–Crippen MR) is 54.3 cm³/mol. The van der Waals surface area contributed by atoms with Gasteiger partial charge in [-0.15, -0.1) is 0 Å². The Balaban J connectivity index is 2.70. The van der Waals surface area contributed by atoms with Gasteiger partial charge in [0.1, 0.15) is 0 Å². The Hall–Kier alpha value is -0.0400. The molecular formula is C11H23N. The normalized spacial score (nSPS) is 42.5. The molecule has 0 aliphatic heterocycles. The summed E-state index contributed by atoms with van der Waals surface area (Å²) in [5.74, 6) is 1.81. The summed E-state index contributed by atoms with van der Waals surface area (Å²) in [5.41, 5.74) is 0.459. The minimum atomic E-state index is 0.459. The molecule has 72 valence electrons. The summed E-state index contributed by atoms with van der Waals surface area (Å²) in [6.07, 6.45) is 4.15. The van der Waals surface area contributed by atoms with Crippen molar-refractivity contribution < 1.29 is 0 Å². The molecule has 12 heavy (non-hydrogen) atoms. The van der Waals surface area contributed by atoms with Crippen molar-refractivity contribution in [2.45, 2.75) is 45.6 Å². The first-order valence-electron chi connectivity index (χ1n) is 5.19. The molecule has 0 spiro atoms. The van der Waals surface area contributed by atoms with Crippen molar-refractivity contribution in [3.8, 4) is 0 Å². The van der Waals surface area contributed by atoms with Crippen molar-refractivity contribution in [1.82, 2.24) is 4.90 Å². The molecule has 1 rings (SSSR count). The summed E-state index contributed by atoms with van der Waals surface area (Å²) in [6, 6.07) is 0. The zero-order chi connectivity index (χ0) is 9.35. The lowest BCUT2D eigenvalue weighted by Crippen LogP contribution is -2.44. The second-order valence-electron chi connectivity index (χ2n) is 4.75. The zero-order valence-corrected chi connectivity index (χ0v) is 9.22. The Morgan fingerprint density at radius 1 is 1.42 bits per heavy atom. The van der Waals surface area contributed by atoms with Gasteiger partial charge in [-0.3, -0.25) is 0 Å². The van der Waals surface area contributed by atoms with Crippen LogP contribution in [0.1, 0.15) is 40.0 Å². The molecule has 1 fully saturated rings. The zero-order valence-electron chi connectivity index (χ0n) is 9.22. The fourth-order valence-electron chi connectivity index (χ4n) is 2.65. The first kappa shape index (κ1) is 10.0. The molecular weight excluding hydrogens is 146 g/mol. The van der Waals surface area contributed by atoms with Crippen LogP contribution in [0.25, 0.3) is 0 Å². The SMILES string of the molecule is CCC1CCC(C)(N(C)C)C1C. The molecule has 3 unspecified atom stereocenters. The second-order valence-corrected chi connectivity index (χ2v) is 4.75. The maximum Gasteiger partial charge on any atom is 0.0203 e. The highest BCUT2D eigenvalue weighted by molar-refractivity contribution is 4.97. The van der Waals surface area contributed by atoms with Crippen molar-refractivity contribution in [2.75, 3.05) is 14.1 Å². The van der Waals surface area contributed by atoms with Gasteiger partial charge in [0, 0.05) is 5.54 Å². The van der Waals surface area contributed by atoms with Crippen LogP contribution in [0.3, 0.4) is 0 Å². The molecule has 0 saturated heterocycles. The largest absolute Gasteiger partial charge is 0.304 e. The lowest BCUT2D eigenvalue weighted by Gasteiger charge is -2.38. The minimum Gasteiger partial charge on any atom is -0.304 e. The molecule has 0 bridgehead atoms. The molecule has 1 heteroatoms. The molecule has 0 radical (unpaired) electrons. The van der Waals surface area contributed by atoms with E-state index in [0.717, 1.165) is 11.8 Å². The third-order valence-electron chi connectivity index (χ3n) is 4.26. The first-order chi connectivity index (χ1) is 5.52. The quantitative estimate of drug-likeness (QED) is 0.614. The smallest absolute Gasteiger partial charge is 0.0203 e. The van der Waals surface area contributed by atoms with Crippen molar-refractivity contribution >= 4 is 0 Å². The van der Waals surface area contributed by atoms with Gasteiger partial charge in [0.05, 0.1) is 0 Å². The molecule has 0 N–H and O–H groups in total. The van der Waals surface area contributed by atoms with Gasteiger partial charge in [-0.1, -0.05) is 20.3 Å². The molecule has 1 nitrogen and oxygen atoms in total. The Labute approximate surface area is 77.1 Å². The van der Waals surface area contributed by atoms with Crippen molar-refractivity contribution in [3.63, 3.8) is 0 Å². The fourth-order valence-corrected chi connectivity index (χ4v) is 2.65. The van der Waals surface area contributed by atoms with E-state index in [1.807, 2.05) is 0 Å². The molecule has 0 amide bonds. The lowest BCUT2D eigenvalue weighted by molar-refractivity contribution is 0.116. The van der Waals surface area contributed by atoms with E-state index >= 15 is 0 Å². The summed E-state index contributed by atoms with van der Waals surface area (Å²) in [7, 11) is 4.43. The maximum atomic E-state index is 2.42. The van der Waals surface area contributed by atoms with Crippen LogP contribution < -0.4 is 0 Å². The van der Waals surface area contributed by atoms with E-state index in [9.17, 15) is 0 Å². The van der Waals surface area contributed by atoms with Gasteiger partial charge in [0.15, 0.2) is 0 Å². The van der Waals surface area contributed by atoms with E-state index in [1.54, 1.807) is 0 Å². The highest BCUT2D eigenvalue weighted by Gasteiger charge is 2.42. The van der Waals surface area contributed by atoms with Crippen LogP contribution in [0, 0.1) is 11.8 Å². The van der Waals surface area contributed by atoms with E-state index in [0.29, 0.717) is 5.54 Å². The van der Waals surface area contributed by atoms with Crippen LogP contribution in [-0.2, 0) is 0 Å². The van der Waals surface area contributed by atoms with Crippen LogP contribution in [0.15, 0.2) is 0 Å². The highest BCUT2D eigenvalue weighted by Crippen LogP contribution is 2.43. The van der Waals surface area contributed by atoms with Crippen LogP contribution in [-0.4, -0.2) is 24.5 Å². The molecule has 0 heterocycles. The van der Waals surface area contributed by atoms with Gasteiger partial charge in [0.25, 0.3) is 0 Å². The molecule has 1 aliphatic rings. The van der Waals surface area contributed by atoms with E-state index in [1.165, 1.54) is 19.3 Å². The van der Waals surface area contributed by atoms with Crippen molar-refractivity contribution in [1.29, 1.82) is 0 Å². The summed E-state index contributed by atoms with van der Waals surface area (Å²) in [5, 5.41) is 0. The Bertz CT molecular complexity index is 153. The average Bonchev–Trinajstić information content (AvgIpc) is 2.31. The average molecular weight is 169 g/mol. The lowest BCUT2D eigenvalue weighted by atomic mass is 9.84. The Morgan fingerprint density at radius 2 is 2.00 bits per heavy atom. The monoisotopic (exact) mass is 169 g/mol. The summed E-state index contributed by atoms with van der Waals surface area (Å²) in [4.78, 5) is 2.41. The van der Waals surface area contributed by atoms with E-state index in [-0.39, 0.29) is 0 Å². The van der Waals surface area contributed by atoms with Gasteiger partial charge in [-0.05, 0) is 45.7 Å². The standard InChI is InChI=1S/C11H23N/c1-6-10-7-8-11(3,9(10)2)12(4)5/h9-10H,6-8H2,1-5H3. The summed E-state index contributed by atoms with van der Waals surface area (Å²) >= 11 is 0. The molecule has 1 aliphatic carbocycles. The van der Waals surface area contributed by atoms with E-state index < -0.39 is 0 Å². The Morgan fingerprint density at radius 3 is 2.25 bits per heavy atom. The van der Waals surface area contributed by atoms with Crippen LogP contribution in [0.4, 0.5) is 0 Å². The minimum absolute atomic E-state index is 0.459. The van der Waals surface area contributed by atoms with Crippen LogP contribution in [0.2, 0.25) is 0 Å². The summed E-state index contributed by atoms with van der Waals surface area (Å²) in [6.45, 7) is 7.15. The second kappa shape index (κ2) is 3.37. The molecule has 0 aromatic heterocycles. The maximum absolute atomic E-state index is 2.42. The number of nitrogens with zero attached hydrogens (tertiary/aromatic N) is 1. The van der Waals surface area contributed by atoms with Gasteiger partial charge in [-0.25, -0.2) is 0 Å². The Kier molecular flexibility index (Phi) is 2.82. The molecule has 0 aromatic carbocycles. The fraction of sp³-hybridized carbons (Fsp3) is 1.00. The van der Waals surface area contributed by atoms with Gasteiger partial charge < -0.3 is 4.90 Å². The van der Waals surface area contributed by atoms with Gasteiger partial charge in [0.2, 0.25) is 0 Å². The number of rotatable bonds is 2. The number of hydrogen-bond donors (Lipinski definition) is 0. The van der Waals surface area contributed by atoms with Gasteiger partial charge >= 0.3 is 0 Å². The third-order valence-corrected chi connectivity index (χ3v) is 4.26. The van der Waals surface area contributed by atoms with Gasteiger partial charge in [-0.2, -0.15) is 0 Å². The van der Waals surface area contributed by atoms with Crippen LogP contribution >= 0.6 is 0 Å². The first-order valence-corrected chi connectivity index (χ1v) is 5.19. The summed E-state index contributed by atoms with van der Waals surface area (Å²) < 4.78 is 0.